The molecule has 2 rings (SSSR count). The lowest BCUT2D eigenvalue weighted by Gasteiger charge is -2.01. The van der Waals surface area contributed by atoms with Gasteiger partial charge in [-0.05, 0) is 24.3 Å². The number of hydrogen-bond acceptors (Lipinski definition) is 6. The molecule has 0 unspecified atom stereocenters. The van der Waals surface area contributed by atoms with Gasteiger partial charge in [-0.1, -0.05) is 11.8 Å². The van der Waals surface area contributed by atoms with Crippen LogP contribution >= 0.6 is 11.8 Å². The Morgan fingerprint density at radius 3 is 2.53 bits per heavy atom. The predicted octanol–water partition coefficient (Wildman–Crippen LogP) is 0.820. The molecule has 8 heteroatoms. The Bertz CT molecular complexity index is 630. The number of primary amides is 1. The molecule has 0 fully saturated rings. The summed E-state index contributed by atoms with van der Waals surface area (Å²) in [5.74, 6) is -1.75. The first-order valence-corrected chi connectivity index (χ1v) is 5.88. The van der Waals surface area contributed by atoms with E-state index in [-0.39, 0.29) is 11.4 Å². The van der Waals surface area contributed by atoms with E-state index in [1.807, 2.05) is 0 Å². The summed E-state index contributed by atoms with van der Waals surface area (Å²) in [4.78, 5) is 26.0. The topological polar surface area (TPSA) is 119 Å². The van der Waals surface area contributed by atoms with Crippen LogP contribution in [0.15, 0.2) is 40.4 Å². The average Bonchev–Trinajstić information content (AvgIpc) is 2.39. The molecule has 2 aromatic rings. The van der Waals surface area contributed by atoms with Crippen LogP contribution in [0.5, 0.6) is 0 Å². The van der Waals surface area contributed by atoms with Gasteiger partial charge >= 0.3 is 5.97 Å². The van der Waals surface area contributed by atoms with Gasteiger partial charge in [0.05, 0.1) is 0 Å². The van der Waals surface area contributed by atoms with Crippen LogP contribution in [0.25, 0.3) is 0 Å². The molecule has 0 aliphatic carbocycles. The van der Waals surface area contributed by atoms with Crippen molar-refractivity contribution in [1.82, 2.24) is 15.2 Å². The van der Waals surface area contributed by atoms with Crippen molar-refractivity contribution in [3.8, 4) is 0 Å². The van der Waals surface area contributed by atoms with Crippen molar-refractivity contribution < 1.29 is 14.7 Å². The number of aromatic nitrogens is 3. The summed E-state index contributed by atoms with van der Waals surface area (Å²) >= 11 is 1.21. The number of nitrogens with two attached hydrogens (primary N) is 1. The second kappa shape index (κ2) is 5.44. The smallest absolute Gasteiger partial charge is 0.354 e. The van der Waals surface area contributed by atoms with E-state index in [2.05, 4.69) is 15.2 Å². The van der Waals surface area contributed by atoms with Gasteiger partial charge in [-0.2, -0.15) is 0 Å². The van der Waals surface area contributed by atoms with Gasteiger partial charge in [-0.15, -0.1) is 10.2 Å². The first-order valence-electron chi connectivity index (χ1n) is 5.07. The second-order valence-corrected chi connectivity index (χ2v) is 4.50. The van der Waals surface area contributed by atoms with Crippen LogP contribution in [-0.2, 0) is 0 Å². The fourth-order valence-electron chi connectivity index (χ4n) is 1.22. The molecule has 2 heterocycles. The number of carboxylic acids is 1. The van der Waals surface area contributed by atoms with Gasteiger partial charge in [0.2, 0.25) is 0 Å². The van der Waals surface area contributed by atoms with E-state index in [1.165, 1.54) is 30.1 Å². The lowest BCUT2D eigenvalue weighted by atomic mass is 10.3. The minimum Gasteiger partial charge on any atom is -0.477 e. The van der Waals surface area contributed by atoms with Crippen molar-refractivity contribution in [3.63, 3.8) is 0 Å². The highest BCUT2D eigenvalue weighted by atomic mass is 32.2. The molecule has 0 aliphatic rings. The molecular formula is C11H8N4O3S. The molecule has 0 atom stereocenters. The number of hydrogen-bond donors (Lipinski definition) is 2. The van der Waals surface area contributed by atoms with Gasteiger partial charge in [-0.25, -0.2) is 9.78 Å². The van der Waals surface area contributed by atoms with Crippen LogP contribution in [0, 0.1) is 0 Å². The molecule has 0 aliphatic heterocycles. The second-order valence-electron chi connectivity index (χ2n) is 3.41. The maximum atomic E-state index is 10.8. The van der Waals surface area contributed by atoms with Crippen molar-refractivity contribution in [1.29, 1.82) is 0 Å². The Hall–Kier alpha value is -2.48. The third-order valence-electron chi connectivity index (χ3n) is 2.07. The van der Waals surface area contributed by atoms with E-state index < -0.39 is 11.9 Å². The molecular weight excluding hydrogens is 268 g/mol. The van der Waals surface area contributed by atoms with Gasteiger partial charge in [0.25, 0.3) is 5.91 Å². The number of carbonyl (C=O) groups is 2. The molecule has 3 N–H and O–H groups in total. The lowest BCUT2D eigenvalue weighted by Crippen LogP contribution is -2.13. The number of pyridine rings is 1. The highest BCUT2D eigenvalue weighted by Crippen LogP contribution is 2.25. The molecule has 0 aromatic carbocycles. The fourth-order valence-corrected chi connectivity index (χ4v) is 1.98. The highest BCUT2D eigenvalue weighted by molar-refractivity contribution is 7.99. The molecule has 1 amide bonds. The zero-order valence-electron chi connectivity index (χ0n) is 9.48. The Labute approximate surface area is 111 Å². The van der Waals surface area contributed by atoms with Crippen LogP contribution in [0.3, 0.4) is 0 Å². The molecule has 0 saturated heterocycles. The molecule has 2 aromatic heterocycles. The van der Waals surface area contributed by atoms with Crippen molar-refractivity contribution in [2.24, 2.45) is 5.73 Å². The van der Waals surface area contributed by atoms with Gasteiger partial charge in [0, 0.05) is 11.1 Å². The van der Waals surface area contributed by atoms with E-state index in [9.17, 15) is 9.59 Å². The predicted molar refractivity (Wildman–Crippen MR) is 65.9 cm³/mol. The molecule has 19 heavy (non-hydrogen) atoms. The van der Waals surface area contributed by atoms with Gasteiger partial charge in [0.15, 0.2) is 5.69 Å². The number of carboxylic acid groups (broad SMARTS) is 1. The van der Waals surface area contributed by atoms with Gasteiger partial charge in [-0.3, -0.25) is 4.79 Å². The zero-order valence-corrected chi connectivity index (χ0v) is 10.3. The largest absolute Gasteiger partial charge is 0.477 e. The van der Waals surface area contributed by atoms with E-state index >= 15 is 0 Å². The Morgan fingerprint density at radius 1 is 1.16 bits per heavy atom. The molecule has 0 saturated carbocycles. The third-order valence-corrected chi connectivity index (χ3v) is 2.98. The Morgan fingerprint density at radius 2 is 1.95 bits per heavy atom. The van der Waals surface area contributed by atoms with E-state index in [1.54, 1.807) is 12.1 Å². The zero-order chi connectivity index (χ0) is 13.8. The molecule has 0 spiro atoms. The minimum absolute atomic E-state index is 0.0493. The maximum Gasteiger partial charge on any atom is 0.354 e. The average molecular weight is 276 g/mol. The van der Waals surface area contributed by atoms with Crippen molar-refractivity contribution in [3.05, 3.63) is 41.9 Å². The monoisotopic (exact) mass is 276 g/mol. The summed E-state index contributed by atoms with van der Waals surface area (Å²) in [6.07, 6.45) is 1.40. The molecule has 96 valence electrons. The number of carbonyl (C=O) groups excluding carboxylic acids is 1. The van der Waals surface area contributed by atoms with E-state index in [0.717, 1.165) is 0 Å². The van der Waals surface area contributed by atoms with Crippen LogP contribution in [-0.4, -0.2) is 32.2 Å². The molecule has 0 radical (unpaired) electrons. The Balaban J connectivity index is 2.19. The molecule has 0 bridgehead atoms. The van der Waals surface area contributed by atoms with Crippen LogP contribution in [0.4, 0.5) is 0 Å². The van der Waals surface area contributed by atoms with Crippen LogP contribution in [0.2, 0.25) is 0 Å². The van der Waals surface area contributed by atoms with Gasteiger partial charge in [0.1, 0.15) is 10.7 Å². The number of amides is 1. The summed E-state index contributed by atoms with van der Waals surface area (Å²) in [5, 5.41) is 16.8. The Kier molecular flexibility index (Phi) is 3.71. The SMILES string of the molecule is NC(=O)c1ccc(Sc2ccnc(C(=O)O)c2)nn1. The molecule has 7 nitrogen and oxygen atoms in total. The van der Waals surface area contributed by atoms with E-state index in [0.29, 0.717) is 9.92 Å². The van der Waals surface area contributed by atoms with Crippen LogP contribution < -0.4 is 5.73 Å². The first-order chi connectivity index (χ1) is 9.06. The third kappa shape index (κ3) is 3.26. The summed E-state index contributed by atoms with van der Waals surface area (Å²) in [6, 6.07) is 6.12. The van der Waals surface area contributed by atoms with Crippen molar-refractivity contribution in [2.75, 3.05) is 0 Å². The maximum absolute atomic E-state index is 10.8. The standard InChI is InChI=1S/C11H8N4O3S/c12-10(16)7-1-2-9(15-14-7)19-6-3-4-13-8(5-6)11(17)18/h1-5H,(H2,12,16)(H,17,18). The minimum atomic E-state index is -1.10. The number of aromatic carboxylic acids is 1. The lowest BCUT2D eigenvalue weighted by molar-refractivity contribution is 0.0690. The van der Waals surface area contributed by atoms with E-state index in [4.69, 9.17) is 10.8 Å². The van der Waals surface area contributed by atoms with Crippen molar-refractivity contribution >= 4 is 23.6 Å². The van der Waals surface area contributed by atoms with Gasteiger partial charge < -0.3 is 10.8 Å². The number of rotatable bonds is 4. The van der Waals surface area contributed by atoms with Crippen LogP contribution in [0.1, 0.15) is 21.0 Å². The van der Waals surface area contributed by atoms with Crippen molar-refractivity contribution in [2.45, 2.75) is 9.92 Å². The summed E-state index contributed by atoms with van der Waals surface area (Å²) < 4.78 is 0. The quantitative estimate of drug-likeness (QED) is 0.848. The fraction of sp³-hybridized carbons (Fsp3) is 0. The summed E-state index contributed by atoms with van der Waals surface area (Å²) in [5.41, 5.74) is 5.07. The number of nitrogens with zero attached hydrogens (tertiary/aromatic N) is 3. The normalized spacial score (nSPS) is 10.1. The summed E-state index contributed by atoms with van der Waals surface area (Å²) in [6.45, 7) is 0. The highest BCUT2D eigenvalue weighted by Gasteiger charge is 2.08. The summed E-state index contributed by atoms with van der Waals surface area (Å²) in [7, 11) is 0. The first kappa shape index (κ1) is 13.0.